The fourth-order valence-electron chi connectivity index (χ4n) is 2.63. The normalized spacial score (nSPS) is 12.4. The largest absolute Gasteiger partial charge is 0.410 e. The van der Waals surface area contributed by atoms with Crippen molar-refractivity contribution in [3.63, 3.8) is 0 Å². The maximum absolute atomic E-state index is 13.0. The summed E-state index contributed by atoms with van der Waals surface area (Å²) in [5.41, 5.74) is 0.144. The van der Waals surface area contributed by atoms with Gasteiger partial charge in [-0.1, -0.05) is 72.8 Å². The smallest absolute Gasteiger partial charge is 0.289 e. The van der Waals surface area contributed by atoms with Crippen LogP contribution in [0.15, 0.2) is 78.9 Å². The van der Waals surface area contributed by atoms with Crippen molar-refractivity contribution in [2.75, 3.05) is 0 Å². The van der Waals surface area contributed by atoms with Gasteiger partial charge in [0.2, 0.25) is 0 Å². The summed E-state index contributed by atoms with van der Waals surface area (Å²) in [7, 11) is 0. The molecule has 0 aromatic heterocycles. The number of alkyl halides is 3. The van der Waals surface area contributed by atoms with Crippen LogP contribution in [0.3, 0.4) is 0 Å². The Bertz CT molecular complexity index is 904. The zero-order chi connectivity index (χ0) is 17.2. The highest BCUT2D eigenvalue weighted by Gasteiger charge is 2.28. The predicted octanol–water partition coefficient (Wildman–Crippen LogP) is 5.67. The van der Waals surface area contributed by atoms with Gasteiger partial charge in [0.25, 0.3) is 0 Å². The van der Waals surface area contributed by atoms with Crippen LogP contribution in [0.2, 0.25) is 0 Å². The van der Waals surface area contributed by atoms with Gasteiger partial charge in [-0.05, 0) is 16.3 Å². The molecule has 0 atom stereocenters. The lowest BCUT2D eigenvalue weighted by Gasteiger charge is -2.12. The average Bonchev–Trinajstić information content (AvgIpc) is 2.59. The lowest BCUT2D eigenvalue weighted by molar-refractivity contribution is -0.0793. The summed E-state index contributed by atoms with van der Waals surface area (Å²) in [6.07, 6.45) is -4.50. The van der Waals surface area contributed by atoms with Crippen LogP contribution < -0.4 is 0 Å². The maximum Gasteiger partial charge on any atom is 0.410 e. The quantitative estimate of drug-likeness (QED) is 0.448. The number of Topliss-reactive ketones (excluding diaryl/α,β-unsaturated/α-hetero) is 1. The summed E-state index contributed by atoms with van der Waals surface area (Å²) >= 11 is 0. The first-order valence-corrected chi connectivity index (χ1v) is 7.33. The topological polar surface area (TPSA) is 17.1 Å². The molecule has 24 heavy (non-hydrogen) atoms. The molecule has 120 valence electrons. The lowest BCUT2D eigenvalue weighted by Crippen LogP contribution is -2.10. The summed E-state index contributed by atoms with van der Waals surface area (Å²) in [5, 5.41) is 1.39. The standard InChI is InChI=1S/C20H13F3O/c21-20(22,23)13-18(19(24)15-8-2-1-3-9-15)17-12-6-10-14-7-4-5-11-16(14)17/h1-13H. The van der Waals surface area contributed by atoms with E-state index < -0.39 is 12.0 Å². The van der Waals surface area contributed by atoms with Gasteiger partial charge in [0.15, 0.2) is 5.78 Å². The van der Waals surface area contributed by atoms with Gasteiger partial charge in [0.1, 0.15) is 0 Å². The third-order valence-corrected chi connectivity index (χ3v) is 3.67. The molecule has 3 aromatic rings. The number of rotatable bonds is 3. The zero-order valence-corrected chi connectivity index (χ0v) is 12.5. The second-order valence-electron chi connectivity index (χ2n) is 5.32. The monoisotopic (exact) mass is 326 g/mol. The zero-order valence-electron chi connectivity index (χ0n) is 12.5. The Labute approximate surface area is 137 Å². The summed E-state index contributed by atoms with van der Waals surface area (Å²) in [6.45, 7) is 0. The minimum absolute atomic E-state index is 0.0874. The molecule has 0 aliphatic heterocycles. The van der Waals surface area contributed by atoms with Crippen molar-refractivity contribution < 1.29 is 18.0 Å². The molecule has 0 aliphatic carbocycles. The highest BCUT2D eigenvalue weighted by Crippen LogP contribution is 2.31. The van der Waals surface area contributed by atoms with Gasteiger partial charge in [0.05, 0.1) is 0 Å². The molecule has 0 bridgehead atoms. The Hall–Kier alpha value is -2.88. The van der Waals surface area contributed by atoms with Crippen LogP contribution in [0.5, 0.6) is 0 Å². The SMILES string of the molecule is O=C(C(=CC(F)(F)F)c1cccc2ccccc12)c1ccccc1. The van der Waals surface area contributed by atoms with Gasteiger partial charge in [-0.3, -0.25) is 4.79 Å². The second-order valence-corrected chi connectivity index (χ2v) is 5.32. The number of carbonyl (C=O) groups is 1. The van der Waals surface area contributed by atoms with Crippen molar-refractivity contribution in [3.8, 4) is 0 Å². The van der Waals surface area contributed by atoms with E-state index in [0.29, 0.717) is 5.39 Å². The number of benzene rings is 3. The summed E-state index contributed by atoms with van der Waals surface area (Å²) in [4.78, 5) is 12.7. The minimum Gasteiger partial charge on any atom is -0.289 e. The molecular formula is C20H13F3O. The fraction of sp³-hybridized carbons (Fsp3) is 0.0500. The Morgan fingerprint density at radius 2 is 1.42 bits per heavy atom. The molecule has 0 aliphatic rings. The van der Waals surface area contributed by atoms with Crippen LogP contribution >= 0.6 is 0 Å². The van der Waals surface area contributed by atoms with E-state index >= 15 is 0 Å². The Balaban J connectivity index is 2.22. The van der Waals surface area contributed by atoms with Crippen molar-refractivity contribution in [1.29, 1.82) is 0 Å². The van der Waals surface area contributed by atoms with E-state index in [4.69, 9.17) is 0 Å². The van der Waals surface area contributed by atoms with Gasteiger partial charge < -0.3 is 0 Å². The molecule has 0 saturated heterocycles. The van der Waals surface area contributed by atoms with Crippen LogP contribution in [0.4, 0.5) is 13.2 Å². The molecule has 1 nitrogen and oxygen atoms in total. The van der Waals surface area contributed by atoms with Gasteiger partial charge in [-0.15, -0.1) is 0 Å². The van der Waals surface area contributed by atoms with Crippen molar-refractivity contribution in [2.24, 2.45) is 0 Å². The molecule has 0 amide bonds. The summed E-state index contributed by atoms with van der Waals surface area (Å²) in [6, 6.07) is 20.0. The van der Waals surface area contributed by atoms with Crippen molar-refractivity contribution in [1.82, 2.24) is 0 Å². The highest BCUT2D eigenvalue weighted by molar-refractivity contribution is 6.31. The summed E-state index contributed by atoms with van der Waals surface area (Å²) in [5.74, 6) is -0.649. The first kappa shape index (κ1) is 16.0. The molecule has 4 heteroatoms. The lowest BCUT2D eigenvalue weighted by atomic mass is 9.92. The minimum atomic E-state index is -4.59. The molecule has 0 unspecified atom stereocenters. The van der Waals surface area contributed by atoms with Gasteiger partial charge in [-0.25, -0.2) is 0 Å². The molecule has 0 fully saturated rings. The average molecular weight is 326 g/mol. The van der Waals surface area contributed by atoms with Gasteiger partial charge >= 0.3 is 6.18 Å². The van der Waals surface area contributed by atoms with E-state index in [2.05, 4.69) is 0 Å². The Morgan fingerprint density at radius 3 is 2.12 bits per heavy atom. The first-order valence-electron chi connectivity index (χ1n) is 7.33. The maximum atomic E-state index is 13.0. The number of ketones is 1. The Kier molecular flexibility index (Phi) is 4.21. The molecule has 0 N–H and O–H groups in total. The van der Waals surface area contributed by atoms with Crippen molar-refractivity contribution in [3.05, 3.63) is 90.0 Å². The first-order chi connectivity index (χ1) is 11.5. The molecule has 0 spiro atoms. The third kappa shape index (κ3) is 3.38. The number of halogens is 3. The van der Waals surface area contributed by atoms with Crippen LogP contribution in [0.1, 0.15) is 15.9 Å². The molecule has 0 saturated carbocycles. The van der Waals surface area contributed by atoms with Crippen LogP contribution in [-0.4, -0.2) is 12.0 Å². The fourth-order valence-corrected chi connectivity index (χ4v) is 2.63. The second kappa shape index (κ2) is 6.32. The van der Waals surface area contributed by atoms with E-state index in [0.717, 1.165) is 5.39 Å². The third-order valence-electron chi connectivity index (χ3n) is 3.67. The van der Waals surface area contributed by atoms with E-state index in [1.54, 1.807) is 60.7 Å². The van der Waals surface area contributed by atoms with Gasteiger partial charge in [0, 0.05) is 17.2 Å². The number of carbonyl (C=O) groups excluding carboxylic acids is 1. The van der Waals surface area contributed by atoms with E-state index in [9.17, 15) is 18.0 Å². The summed E-state index contributed by atoms with van der Waals surface area (Å²) < 4.78 is 39.1. The predicted molar refractivity (Wildman–Crippen MR) is 88.8 cm³/mol. The Morgan fingerprint density at radius 1 is 0.792 bits per heavy atom. The molecule has 0 radical (unpaired) electrons. The number of hydrogen-bond acceptors (Lipinski definition) is 1. The van der Waals surface area contributed by atoms with Crippen LogP contribution in [0.25, 0.3) is 16.3 Å². The van der Waals surface area contributed by atoms with E-state index in [-0.39, 0.29) is 22.8 Å². The van der Waals surface area contributed by atoms with Crippen LogP contribution in [-0.2, 0) is 0 Å². The van der Waals surface area contributed by atoms with Crippen LogP contribution in [0, 0.1) is 0 Å². The van der Waals surface area contributed by atoms with Gasteiger partial charge in [-0.2, -0.15) is 13.2 Å². The number of fused-ring (bicyclic) bond motifs is 1. The number of allylic oxidation sites excluding steroid dienone is 2. The molecular weight excluding hydrogens is 313 g/mol. The van der Waals surface area contributed by atoms with Crippen molar-refractivity contribution >= 4 is 22.1 Å². The molecule has 0 heterocycles. The van der Waals surface area contributed by atoms with Crippen molar-refractivity contribution in [2.45, 2.75) is 6.18 Å². The molecule has 3 rings (SSSR count). The van der Waals surface area contributed by atoms with E-state index in [1.165, 1.54) is 12.1 Å². The van der Waals surface area contributed by atoms with E-state index in [1.807, 2.05) is 0 Å². The highest BCUT2D eigenvalue weighted by atomic mass is 19.4. The number of hydrogen-bond donors (Lipinski definition) is 0. The molecule has 3 aromatic carbocycles.